The van der Waals surface area contributed by atoms with Crippen molar-refractivity contribution in [3.63, 3.8) is 0 Å². The number of nitrogens with zero attached hydrogens (tertiary/aromatic N) is 3. The van der Waals surface area contributed by atoms with Crippen molar-refractivity contribution in [2.24, 2.45) is 15.9 Å². The summed E-state index contributed by atoms with van der Waals surface area (Å²) >= 11 is 1.89. The van der Waals surface area contributed by atoms with Gasteiger partial charge in [-0.1, -0.05) is 127 Å². The van der Waals surface area contributed by atoms with E-state index in [2.05, 4.69) is 174 Å². The van der Waals surface area contributed by atoms with Gasteiger partial charge in [-0.3, -0.25) is 4.99 Å². The molecule has 2 aliphatic rings. The van der Waals surface area contributed by atoms with Crippen molar-refractivity contribution in [1.29, 1.82) is 0 Å². The van der Waals surface area contributed by atoms with Crippen LogP contribution in [0.4, 0.5) is 0 Å². The lowest BCUT2D eigenvalue weighted by Gasteiger charge is -2.31. The molecule has 3 aromatic heterocycles. The lowest BCUT2D eigenvalue weighted by Crippen LogP contribution is -2.30. The van der Waals surface area contributed by atoms with Gasteiger partial charge in [0.05, 0.1) is 22.8 Å². The minimum absolute atomic E-state index is 0.0206. The van der Waals surface area contributed by atoms with Crippen molar-refractivity contribution in [1.82, 2.24) is 4.57 Å². The maximum atomic E-state index is 6.74. The number of para-hydroxylation sites is 2. The largest absolute Gasteiger partial charge is 0.456 e. The number of benzene rings is 8. The predicted molar refractivity (Wildman–Crippen MR) is 242 cm³/mol. The standard InChI is InChI=1S/C53H33N3OS/c1-3-13-32(14-4-1)50-42-29-31-27-40-37-26-25-34(56-43-21-9-7-17-35(43)36-18-8-10-22-44(36)56)30-47(37)58-52(40)41(28-31)38-19-11-23-45-48(38)49-39(20-12-24-46(49)57-45)51(42)55-53(54-50)33-15-5-2-6-16-33/h1-28,30,42,50H,29H2. The average molecular weight is 760 g/mol. The molecule has 58 heavy (non-hydrogen) atoms. The van der Waals surface area contributed by atoms with Gasteiger partial charge in [-0.25, -0.2) is 4.99 Å². The van der Waals surface area contributed by atoms with Crippen LogP contribution in [0.2, 0.25) is 0 Å². The summed E-state index contributed by atoms with van der Waals surface area (Å²) in [5.41, 5.74) is 13.5. The average Bonchev–Trinajstić information content (AvgIpc) is 3.96. The third-order valence-electron chi connectivity index (χ3n) is 12.4. The zero-order chi connectivity index (χ0) is 37.9. The number of thiophene rings is 1. The molecule has 1 aliphatic heterocycles. The Morgan fingerprint density at radius 1 is 0.552 bits per heavy atom. The minimum atomic E-state index is -0.136. The van der Waals surface area contributed by atoms with Gasteiger partial charge in [-0.2, -0.15) is 0 Å². The lowest BCUT2D eigenvalue weighted by atomic mass is 9.78. The molecular formula is C53H33N3OS. The van der Waals surface area contributed by atoms with Gasteiger partial charge >= 0.3 is 0 Å². The second-order valence-corrected chi connectivity index (χ2v) is 16.7. The lowest BCUT2D eigenvalue weighted by molar-refractivity contribution is 0.545. The first-order valence-electron chi connectivity index (χ1n) is 19.9. The number of fused-ring (bicyclic) bond motifs is 12. The van der Waals surface area contributed by atoms with Crippen LogP contribution in [0, 0.1) is 5.92 Å². The Kier molecular flexibility index (Phi) is 6.75. The highest BCUT2D eigenvalue weighted by atomic mass is 32.1. The van der Waals surface area contributed by atoms with Crippen molar-refractivity contribution >= 4 is 86.8 Å². The van der Waals surface area contributed by atoms with Gasteiger partial charge in [0.1, 0.15) is 11.2 Å². The van der Waals surface area contributed by atoms with E-state index in [-0.39, 0.29) is 12.0 Å². The van der Waals surface area contributed by atoms with Crippen LogP contribution in [0.1, 0.15) is 28.3 Å². The molecule has 272 valence electrons. The summed E-state index contributed by atoms with van der Waals surface area (Å²) in [6.45, 7) is 0. The summed E-state index contributed by atoms with van der Waals surface area (Å²) in [7, 11) is 0. The predicted octanol–water partition coefficient (Wildman–Crippen LogP) is 13.9. The van der Waals surface area contributed by atoms with Gasteiger partial charge in [0.15, 0.2) is 5.84 Å². The molecular weight excluding hydrogens is 727 g/mol. The van der Waals surface area contributed by atoms with Crippen molar-refractivity contribution in [3.05, 3.63) is 198 Å². The maximum Gasteiger partial charge on any atom is 0.155 e. The van der Waals surface area contributed by atoms with Gasteiger partial charge in [-0.05, 0) is 71.6 Å². The Morgan fingerprint density at radius 3 is 1.98 bits per heavy atom. The second-order valence-electron chi connectivity index (χ2n) is 15.6. The number of furan rings is 1. The van der Waals surface area contributed by atoms with E-state index in [1.807, 2.05) is 17.4 Å². The van der Waals surface area contributed by atoms with Crippen LogP contribution in [-0.2, 0) is 6.42 Å². The number of aromatic nitrogens is 1. The van der Waals surface area contributed by atoms with E-state index in [4.69, 9.17) is 14.4 Å². The minimum Gasteiger partial charge on any atom is -0.456 e. The fourth-order valence-electron chi connectivity index (χ4n) is 9.89. The van der Waals surface area contributed by atoms with Crippen LogP contribution < -0.4 is 0 Å². The Balaban J connectivity index is 1.10. The molecule has 8 aromatic carbocycles. The highest BCUT2D eigenvalue weighted by Gasteiger charge is 2.36. The van der Waals surface area contributed by atoms with Crippen molar-refractivity contribution in [3.8, 4) is 16.8 Å². The van der Waals surface area contributed by atoms with Gasteiger partial charge in [-0.15, -0.1) is 11.3 Å². The van der Waals surface area contributed by atoms with Crippen LogP contribution >= 0.6 is 11.3 Å². The number of rotatable bonds is 3. The molecule has 0 spiro atoms. The SMILES string of the molecule is c1ccc(C2=NC(c3ccccc3)C3Cc4cc(c5sc6cc(-n7c8ccccc8c8ccccc87)ccc6c5c4)-c4cccc5oc6cccc(c6c45)C3=N2)cc1. The van der Waals surface area contributed by atoms with Gasteiger partial charge in [0.2, 0.25) is 0 Å². The zero-order valence-corrected chi connectivity index (χ0v) is 32.1. The summed E-state index contributed by atoms with van der Waals surface area (Å²) in [6.07, 6.45) is 0.781. The molecule has 2 bridgehead atoms. The Morgan fingerprint density at radius 2 is 1.22 bits per heavy atom. The van der Waals surface area contributed by atoms with Gasteiger partial charge in [0, 0.05) is 70.0 Å². The molecule has 0 fully saturated rings. The molecule has 1 aliphatic carbocycles. The van der Waals surface area contributed by atoms with E-state index >= 15 is 0 Å². The van der Waals surface area contributed by atoms with E-state index in [0.717, 1.165) is 51.0 Å². The van der Waals surface area contributed by atoms with Crippen LogP contribution in [0.5, 0.6) is 0 Å². The molecule has 0 saturated heterocycles. The molecule has 4 heterocycles. The normalized spacial score (nSPS) is 16.4. The van der Waals surface area contributed by atoms with Crippen LogP contribution in [0.25, 0.3) is 80.7 Å². The van der Waals surface area contributed by atoms with Crippen molar-refractivity contribution in [2.75, 3.05) is 0 Å². The quantitative estimate of drug-likeness (QED) is 0.177. The molecule has 5 heteroatoms. The van der Waals surface area contributed by atoms with E-state index in [1.165, 1.54) is 69.9 Å². The summed E-state index contributed by atoms with van der Waals surface area (Å²) in [6, 6.07) is 63.5. The number of hydrogen-bond acceptors (Lipinski definition) is 4. The summed E-state index contributed by atoms with van der Waals surface area (Å²) in [5.74, 6) is 0.745. The molecule has 11 aromatic rings. The first-order valence-corrected chi connectivity index (χ1v) is 20.8. The Hall–Kier alpha value is -7.08. The first kappa shape index (κ1) is 32.1. The topological polar surface area (TPSA) is 42.8 Å². The fourth-order valence-corrected chi connectivity index (χ4v) is 11.1. The van der Waals surface area contributed by atoms with E-state index in [0.29, 0.717) is 0 Å². The molecule has 0 radical (unpaired) electrons. The Bertz CT molecular complexity index is 3500. The van der Waals surface area contributed by atoms with Gasteiger partial charge in [0.25, 0.3) is 0 Å². The smallest absolute Gasteiger partial charge is 0.155 e. The van der Waals surface area contributed by atoms with Gasteiger partial charge < -0.3 is 8.98 Å². The Labute approximate surface area is 337 Å². The number of amidine groups is 1. The molecule has 4 nitrogen and oxygen atoms in total. The molecule has 0 amide bonds. The molecule has 0 N–H and O–H groups in total. The summed E-state index contributed by atoms with van der Waals surface area (Å²) in [4.78, 5) is 11.0. The molecule has 13 rings (SSSR count). The highest BCUT2D eigenvalue weighted by Crippen LogP contribution is 2.49. The van der Waals surface area contributed by atoms with Crippen molar-refractivity contribution in [2.45, 2.75) is 12.5 Å². The highest BCUT2D eigenvalue weighted by molar-refractivity contribution is 7.26. The van der Waals surface area contributed by atoms with E-state index in [1.54, 1.807) is 0 Å². The van der Waals surface area contributed by atoms with Crippen LogP contribution in [0.15, 0.2) is 190 Å². The molecule has 2 unspecified atom stereocenters. The number of aliphatic imine (C=N–C) groups is 2. The summed E-state index contributed by atoms with van der Waals surface area (Å²) in [5, 5.41) is 7.35. The van der Waals surface area contributed by atoms with Crippen LogP contribution in [-0.4, -0.2) is 16.1 Å². The van der Waals surface area contributed by atoms with E-state index < -0.39 is 0 Å². The first-order chi connectivity index (χ1) is 28.7. The third kappa shape index (κ3) is 4.62. The fraction of sp³-hybridized carbons (Fsp3) is 0.0566. The maximum absolute atomic E-state index is 6.74. The number of hydrogen-bond donors (Lipinski definition) is 0. The molecule has 2 atom stereocenters. The third-order valence-corrected chi connectivity index (χ3v) is 13.6. The summed E-state index contributed by atoms with van der Waals surface area (Å²) < 4.78 is 11.7. The van der Waals surface area contributed by atoms with Crippen molar-refractivity contribution < 1.29 is 4.42 Å². The monoisotopic (exact) mass is 759 g/mol. The second kappa shape index (κ2) is 12.2. The van der Waals surface area contributed by atoms with Crippen LogP contribution in [0.3, 0.4) is 0 Å². The molecule has 0 saturated carbocycles. The zero-order valence-electron chi connectivity index (χ0n) is 31.3. The van der Waals surface area contributed by atoms with E-state index in [9.17, 15) is 0 Å².